The molecule has 1 aliphatic heterocycles. The van der Waals surface area contributed by atoms with Crippen LogP contribution in [0.5, 0.6) is 0 Å². The van der Waals surface area contributed by atoms with Crippen molar-refractivity contribution in [2.45, 2.75) is 39.7 Å². The number of carboxylic acids is 1. The second-order valence-corrected chi connectivity index (χ2v) is 6.12. The molecule has 1 aromatic rings. The molecule has 1 unspecified atom stereocenters. The van der Waals surface area contributed by atoms with Crippen LogP contribution < -0.4 is 0 Å². The molecule has 2 rings (SSSR count). The van der Waals surface area contributed by atoms with E-state index in [1.54, 1.807) is 11.3 Å². The Balaban J connectivity index is 2.00. The first-order chi connectivity index (χ1) is 8.55. The minimum atomic E-state index is -0.637. The summed E-state index contributed by atoms with van der Waals surface area (Å²) in [7, 11) is 0. The molecule has 0 aliphatic carbocycles. The molecule has 1 saturated heterocycles. The van der Waals surface area contributed by atoms with Crippen molar-refractivity contribution in [3.05, 3.63) is 16.1 Å². The van der Waals surface area contributed by atoms with Crippen molar-refractivity contribution in [2.24, 2.45) is 5.41 Å². The lowest BCUT2D eigenvalue weighted by Gasteiger charge is -2.23. The number of aromatic nitrogens is 1. The van der Waals surface area contributed by atoms with E-state index in [0.717, 1.165) is 43.1 Å². The number of hydrogen-bond acceptors (Lipinski definition) is 4. The first-order valence-electron chi connectivity index (χ1n) is 6.42. The highest BCUT2D eigenvalue weighted by Gasteiger charge is 2.43. The number of carboxylic acid groups (broad SMARTS) is 1. The molecule has 1 N–H and O–H groups in total. The average Bonchev–Trinajstić information content (AvgIpc) is 2.88. The van der Waals surface area contributed by atoms with Crippen LogP contribution in [0.15, 0.2) is 5.38 Å². The number of hydrogen-bond donors (Lipinski definition) is 1. The zero-order valence-corrected chi connectivity index (χ0v) is 11.8. The van der Waals surface area contributed by atoms with Gasteiger partial charge in [-0.2, -0.15) is 0 Å². The van der Waals surface area contributed by atoms with E-state index in [-0.39, 0.29) is 0 Å². The second-order valence-electron chi connectivity index (χ2n) is 5.18. The molecule has 0 radical (unpaired) electrons. The Morgan fingerprint density at radius 3 is 3.00 bits per heavy atom. The molecule has 0 aromatic carbocycles. The number of thiazole rings is 1. The molecule has 1 fully saturated rings. The van der Waals surface area contributed by atoms with Crippen LogP contribution in [0.25, 0.3) is 0 Å². The molecule has 0 amide bonds. The monoisotopic (exact) mass is 268 g/mol. The van der Waals surface area contributed by atoms with E-state index in [4.69, 9.17) is 0 Å². The third-order valence-electron chi connectivity index (χ3n) is 3.64. The van der Waals surface area contributed by atoms with Gasteiger partial charge in [0.15, 0.2) is 0 Å². The second kappa shape index (κ2) is 5.36. The molecule has 1 aliphatic rings. The first-order valence-corrected chi connectivity index (χ1v) is 7.30. The molecule has 1 aromatic heterocycles. The van der Waals surface area contributed by atoms with Crippen molar-refractivity contribution in [2.75, 3.05) is 13.1 Å². The van der Waals surface area contributed by atoms with Gasteiger partial charge in [0.1, 0.15) is 5.01 Å². The van der Waals surface area contributed by atoms with E-state index in [0.29, 0.717) is 6.54 Å². The number of aliphatic carboxylic acids is 1. The lowest BCUT2D eigenvalue weighted by atomic mass is 9.83. The van der Waals surface area contributed by atoms with Gasteiger partial charge in [0.05, 0.1) is 12.0 Å². The van der Waals surface area contributed by atoms with E-state index >= 15 is 0 Å². The predicted molar refractivity (Wildman–Crippen MR) is 71.7 cm³/mol. The smallest absolute Gasteiger partial charge is 0.310 e. The largest absolute Gasteiger partial charge is 0.481 e. The number of rotatable bonds is 5. The van der Waals surface area contributed by atoms with Crippen LogP contribution in [-0.4, -0.2) is 34.0 Å². The van der Waals surface area contributed by atoms with Crippen LogP contribution in [-0.2, 0) is 11.3 Å². The third-order valence-corrected chi connectivity index (χ3v) is 4.59. The maximum atomic E-state index is 11.5. The molecule has 0 bridgehead atoms. The quantitative estimate of drug-likeness (QED) is 0.891. The van der Waals surface area contributed by atoms with E-state index in [1.807, 2.05) is 12.3 Å². The summed E-state index contributed by atoms with van der Waals surface area (Å²) in [6.45, 7) is 6.36. The van der Waals surface area contributed by atoms with E-state index < -0.39 is 11.4 Å². The minimum Gasteiger partial charge on any atom is -0.481 e. The van der Waals surface area contributed by atoms with Crippen LogP contribution in [0.3, 0.4) is 0 Å². The van der Waals surface area contributed by atoms with Gasteiger partial charge in [-0.15, -0.1) is 11.3 Å². The Labute approximate surface area is 112 Å². The lowest BCUT2D eigenvalue weighted by molar-refractivity contribution is -0.148. The van der Waals surface area contributed by atoms with E-state index in [2.05, 4.69) is 16.8 Å². The molecule has 100 valence electrons. The van der Waals surface area contributed by atoms with E-state index in [1.165, 1.54) is 0 Å². The summed E-state index contributed by atoms with van der Waals surface area (Å²) in [5, 5.41) is 12.6. The Hall–Kier alpha value is -0.940. The summed E-state index contributed by atoms with van der Waals surface area (Å²) in [5.41, 5.74) is 0.522. The molecule has 2 heterocycles. The van der Waals surface area contributed by atoms with Gasteiger partial charge >= 0.3 is 5.97 Å². The van der Waals surface area contributed by atoms with Gasteiger partial charge in [0, 0.05) is 17.6 Å². The summed E-state index contributed by atoms with van der Waals surface area (Å²) >= 11 is 1.66. The van der Waals surface area contributed by atoms with Crippen molar-refractivity contribution in [1.29, 1.82) is 0 Å². The molecular weight excluding hydrogens is 248 g/mol. The Bertz CT molecular complexity index is 432. The number of aryl methyl sites for hydroxylation is 1. The molecule has 4 nitrogen and oxygen atoms in total. The zero-order valence-electron chi connectivity index (χ0n) is 11.0. The van der Waals surface area contributed by atoms with E-state index in [9.17, 15) is 9.90 Å². The van der Waals surface area contributed by atoms with Crippen LogP contribution in [0, 0.1) is 12.3 Å². The van der Waals surface area contributed by atoms with Gasteiger partial charge in [-0.25, -0.2) is 4.98 Å². The Kier molecular flexibility index (Phi) is 4.02. The fraction of sp³-hybridized carbons (Fsp3) is 0.692. The Morgan fingerprint density at radius 2 is 2.44 bits per heavy atom. The van der Waals surface area contributed by atoms with Crippen LogP contribution in [0.2, 0.25) is 0 Å². The molecule has 0 spiro atoms. The van der Waals surface area contributed by atoms with Gasteiger partial charge in [-0.1, -0.05) is 13.3 Å². The number of likely N-dealkylation sites (tertiary alicyclic amines) is 1. The zero-order chi connectivity index (χ0) is 13.2. The third kappa shape index (κ3) is 2.72. The normalized spacial score (nSPS) is 24.6. The van der Waals surface area contributed by atoms with Crippen molar-refractivity contribution < 1.29 is 9.90 Å². The highest BCUT2D eigenvalue weighted by atomic mass is 32.1. The maximum absolute atomic E-state index is 11.5. The number of nitrogens with zero attached hydrogens (tertiary/aromatic N) is 2. The molecule has 5 heteroatoms. The highest BCUT2D eigenvalue weighted by molar-refractivity contribution is 7.09. The van der Waals surface area contributed by atoms with Crippen LogP contribution in [0.4, 0.5) is 0 Å². The van der Waals surface area contributed by atoms with Gasteiger partial charge in [0.25, 0.3) is 0 Å². The first kappa shape index (κ1) is 13.5. The summed E-state index contributed by atoms with van der Waals surface area (Å²) in [5.74, 6) is -0.637. The summed E-state index contributed by atoms with van der Waals surface area (Å²) in [4.78, 5) is 18.1. The van der Waals surface area contributed by atoms with Crippen molar-refractivity contribution >= 4 is 17.3 Å². The molecule has 0 saturated carbocycles. The van der Waals surface area contributed by atoms with Gasteiger partial charge in [-0.3, -0.25) is 9.69 Å². The van der Waals surface area contributed by atoms with Crippen molar-refractivity contribution in [3.63, 3.8) is 0 Å². The maximum Gasteiger partial charge on any atom is 0.310 e. The molecule has 18 heavy (non-hydrogen) atoms. The summed E-state index contributed by atoms with van der Waals surface area (Å²) < 4.78 is 0. The van der Waals surface area contributed by atoms with Crippen LogP contribution >= 0.6 is 11.3 Å². The molecule has 1 atom stereocenters. The van der Waals surface area contributed by atoms with Gasteiger partial charge in [0.2, 0.25) is 0 Å². The number of carbonyl (C=O) groups is 1. The SMILES string of the molecule is CCCC1(C(=O)O)CCN(Cc2nc(C)cs2)C1. The predicted octanol–water partition coefficient (Wildman–Crippen LogP) is 2.53. The standard InChI is InChI=1S/C13H20N2O2S/c1-3-4-13(12(16)17)5-6-15(9-13)7-11-14-10(2)8-18-11/h8H,3-7,9H2,1-2H3,(H,16,17). The fourth-order valence-electron chi connectivity index (χ4n) is 2.72. The fourth-order valence-corrected chi connectivity index (χ4v) is 3.54. The van der Waals surface area contributed by atoms with Crippen molar-refractivity contribution in [1.82, 2.24) is 9.88 Å². The summed E-state index contributed by atoms with van der Waals surface area (Å²) in [6, 6.07) is 0. The van der Waals surface area contributed by atoms with Crippen molar-refractivity contribution in [3.8, 4) is 0 Å². The average molecular weight is 268 g/mol. The van der Waals surface area contributed by atoms with Gasteiger partial charge < -0.3 is 5.11 Å². The Morgan fingerprint density at radius 1 is 1.67 bits per heavy atom. The minimum absolute atomic E-state index is 0.527. The summed E-state index contributed by atoms with van der Waals surface area (Å²) in [6.07, 6.45) is 2.47. The lowest BCUT2D eigenvalue weighted by Crippen LogP contribution is -2.34. The van der Waals surface area contributed by atoms with Gasteiger partial charge in [-0.05, 0) is 26.3 Å². The molecular formula is C13H20N2O2S. The topological polar surface area (TPSA) is 53.4 Å². The highest BCUT2D eigenvalue weighted by Crippen LogP contribution is 2.36. The van der Waals surface area contributed by atoms with Crippen LogP contribution in [0.1, 0.15) is 36.9 Å².